The summed E-state index contributed by atoms with van der Waals surface area (Å²) in [4.78, 5) is 16.9. The summed E-state index contributed by atoms with van der Waals surface area (Å²) in [7, 11) is 0. The highest BCUT2D eigenvalue weighted by Crippen LogP contribution is 2.28. The van der Waals surface area contributed by atoms with Crippen LogP contribution in [-0.2, 0) is 6.42 Å². The van der Waals surface area contributed by atoms with Crippen LogP contribution in [-0.4, -0.2) is 11.7 Å². The molecule has 1 heterocycles. The minimum absolute atomic E-state index is 0.355. The second kappa shape index (κ2) is 9.16. The Labute approximate surface area is 185 Å². The third-order valence-electron chi connectivity index (χ3n) is 4.72. The van der Waals surface area contributed by atoms with Crippen molar-refractivity contribution in [3.8, 4) is 0 Å². The van der Waals surface area contributed by atoms with Gasteiger partial charge in [0, 0.05) is 36.1 Å². The molecule has 0 saturated carbocycles. The standard InChI is InChI=1S/C24H19Cl2N3O/c25-22-10-9-20(14-23(22)26)29-24(30)28-19-8-4-7-17(12-19)18-13-21(27-15-18)11-16-5-2-1-3-6-16/h1-10,12,14-15H,11,13H2,(H2,28,29,30). The van der Waals surface area contributed by atoms with E-state index in [0.29, 0.717) is 21.4 Å². The molecule has 6 heteroatoms. The lowest BCUT2D eigenvalue weighted by Crippen LogP contribution is -2.19. The van der Waals surface area contributed by atoms with E-state index in [-0.39, 0.29) is 6.03 Å². The summed E-state index contributed by atoms with van der Waals surface area (Å²) in [6.45, 7) is 0. The molecule has 0 fully saturated rings. The molecule has 0 atom stereocenters. The Morgan fingerprint density at radius 2 is 1.63 bits per heavy atom. The lowest BCUT2D eigenvalue weighted by Gasteiger charge is -2.10. The predicted molar refractivity (Wildman–Crippen MR) is 126 cm³/mol. The van der Waals surface area contributed by atoms with Gasteiger partial charge in [0.05, 0.1) is 10.0 Å². The largest absolute Gasteiger partial charge is 0.323 e. The number of hydrogen-bond acceptors (Lipinski definition) is 2. The van der Waals surface area contributed by atoms with E-state index in [1.165, 1.54) is 5.56 Å². The zero-order valence-corrected chi connectivity index (χ0v) is 17.5. The second-order valence-corrected chi connectivity index (χ2v) is 7.79. The summed E-state index contributed by atoms with van der Waals surface area (Å²) in [6, 6.07) is 22.6. The summed E-state index contributed by atoms with van der Waals surface area (Å²) in [5, 5.41) is 6.42. The molecule has 4 rings (SSSR count). The first-order valence-electron chi connectivity index (χ1n) is 9.49. The molecule has 4 nitrogen and oxygen atoms in total. The molecule has 30 heavy (non-hydrogen) atoms. The van der Waals surface area contributed by atoms with Crippen molar-refractivity contribution in [1.82, 2.24) is 0 Å². The van der Waals surface area contributed by atoms with Crippen molar-refractivity contribution in [2.75, 3.05) is 10.6 Å². The number of nitrogens with zero attached hydrogens (tertiary/aromatic N) is 1. The predicted octanol–water partition coefficient (Wildman–Crippen LogP) is 7.07. The second-order valence-electron chi connectivity index (χ2n) is 6.98. The Bertz CT molecular complexity index is 1140. The maximum absolute atomic E-state index is 12.3. The molecule has 2 amide bonds. The van der Waals surface area contributed by atoms with E-state index in [2.05, 4.69) is 27.8 Å². The topological polar surface area (TPSA) is 53.5 Å². The highest BCUT2D eigenvalue weighted by Gasteiger charge is 2.13. The van der Waals surface area contributed by atoms with Gasteiger partial charge in [0.2, 0.25) is 0 Å². The van der Waals surface area contributed by atoms with Gasteiger partial charge in [-0.25, -0.2) is 4.79 Å². The average Bonchev–Trinajstić information content (AvgIpc) is 3.20. The van der Waals surface area contributed by atoms with Crippen molar-refractivity contribution in [3.05, 3.63) is 100 Å². The lowest BCUT2D eigenvalue weighted by molar-refractivity contribution is 0.262. The molecular weight excluding hydrogens is 417 g/mol. The molecular formula is C24H19Cl2N3O. The Kier molecular flexibility index (Phi) is 6.17. The van der Waals surface area contributed by atoms with Crippen LogP contribution in [0.15, 0.2) is 84.0 Å². The van der Waals surface area contributed by atoms with Crippen molar-refractivity contribution in [2.45, 2.75) is 12.8 Å². The fourth-order valence-corrected chi connectivity index (χ4v) is 3.56. The summed E-state index contributed by atoms with van der Waals surface area (Å²) < 4.78 is 0. The molecule has 3 aromatic carbocycles. The van der Waals surface area contributed by atoms with E-state index < -0.39 is 0 Å². The number of carbonyl (C=O) groups excluding carboxylic acids is 1. The van der Waals surface area contributed by atoms with Crippen LogP contribution in [0.4, 0.5) is 16.2 Å². The van der Waals surface area contributed by atoms with Crippen LogP contribution in [0.25, 0.3) is 5.57 Å². The van der Waals surface area contributed by atoms with Crippen LogP contribution in [0, 0.1) is 0 Å². The molecule has 1 aliphatic rings. The number of nitrogens with one attached hydrogen (secondary N) is 2. The Morgan fingerprint density at radius 1 is 0.867 bits per heavy atom. The van der Waals surface area contributed by atoms with Gasteiger partial charge in [-0.05, 0) is 47.0 Å². The Hall–Kier alpha value is -3.08. The van der Waals surface area contributed by atoms with Crippen molar-refractivity contribution in [3.63, 3.8) is 0 Å². The summed E-state index contributed by atoms with van der Waals surface area (Å²) in [6.07, 6.45) is 3.55. The number of rotatable bonds is 5. The zero-order valence-electron chi connectivity index (χ0n) is 16.0. The normalized spacial score (nSPS) is 12.9. The number of halogens is 2. The molecule has 1 aliphatic heterocycles. The number of carbonyl (C=O) groups is 1. The van der Waals surface area contributed by atoms with Crippen LogP contribution in [0.1, 0.15) is 17.5 Å². The van der Waals surface area contributed by atoms with Gasteiger partial charge in [0.1, 0.15) is 0 Å². The zero-order chi connectivity index (χ0) is 20.9. The van der Waals surface area contributed by atoms with Gasteiger partial charge in [0.25, 0.3) is 0 Å². The smallest absolute Gasteiger partial charge is 0.308 e. The molecule has 0 radical (unpaired) electrons. The van der Waals surface area contributed by atoms with E-state index in [1.807, 2.05) is 48.7 Å². The number of urea groups is 1. The maximum Gasteiger partial charge on any atom is 0.323 e. The number of allylic oxidation sites excluding steroid dienone is 1. The van der Waals surface area contributed by atoms with E-state index in [9.17, 15) is 4.79 Å². The first-order chi connectivity index (χ1) is 14.6. The van der Waals surface area contributed by atoms with Gasteiger partial charge < -0.3 is 10.6 Å². The third-order valence-corrected chi connectivity index (χ3v) is 5.46. The van der Waals surface area contributed by atoms with E-state index in [4.69, 9.17) is 23.2 Å². The molecule has 0 saturated heterocycles. The molecule has 0 spiro atoms. The fraction of sp³-hybridized carbons (Fsp3) is 0.0833. The fourth-order valence-electron chi connectivity index (χ4n) is 3.26. The van der Waals surface area contributed by atoms with Crippen LogP contribution >= 0.6 is 23.2 Å². The van der Waals surface area contributed by atoms with Gasteiger partial charge in [-0.1, -0.05) is 65.7 Å². The average molecular weight is 436 g/mol. The Balaban J connectivity index is 1.37. The summed E-state index contributed by atoms with van der Waals surface area (Å²) >= 11 is 11.9. The van der Waals surface area contributed by atoms with Gasteiger partial charge in [0.15, 0.2) is 0 Å². The molecule has 0 aliphatic carbocycles. The summed E-state index contributed by atoms with van der Waals surface area (Å²) in [5.74, 6) is 0. The summed E-state index contributed by atoms with van der Waals surface area (Å²) in [5.41, 5.74) is 5.81. The van der Waals surface area contributed by atoms with Crippen LogP contribution in [0.5, 0.6) is 0 Å². The van der Waals surface area contributed by atoms with E-state index in [1.54, 1.807) is 18.2 Å². The lowest BCUT2D eigenvalue weighted by atomic mass is 9.99. The number of benzene rings is 3. The monoisotopic (exact) mass is 435 g/mol. The van der Waals surface area contributed by atoms with Gasteiger partial charge >= 0.3 is 6.03 Å². The maximum atomic E-state index is 12.3. The number of aliphatic imine (C=N–C) groups is 1. The SMILES string of the molecule is O=C(Nc1cccc(C2=CN=C(Cc3ccccc3)C2)c1)Nc1ccc(Cl)c(Cl)c1. The van der Waals surface area contributed by atoms with Crippen LogP contribution < -0.4 is 10.6 Å². The van der Waals surface area contributed by atoms with Crippen molar-refractivity contribution >= 4 is 51.9 Å². The minimum atomic E-state index is -0.355. The van der Waals surface area contributed by atoms with Crippen molar-refractivity contribution in [2.24, 2.45) is 4.99 Å². The first kappa shape index (κ1) is 20.2. The molecule has 0 aromatic heterocycles. The molecule has 2 N–H and O–H groups in total. The highest BCUT2D eigenvalue weighted by atomic mass is 35.5. The van der Waals surface area contributed by atoms with Crippen LogP contribution in [0.2, 0.25) is 10.0 Å². The molecule has 0 unspecified atom stereocenters. The third kappa shape index (κ3) is 5.09. The number of anilines is 2. The van der Waals surface area contributed by atoms with Gasteiger partial charge in [-0.15, -0.1) is 0 Å². The quantitative estimate of drug-likeness (QED) is 0.442. The first-order valence-corrected chi connectivity index (χ1v) is 10.2. The number of amides is 2. The van der Waals surface area contributed by atoms with Gasteiger partial charge in [-0.2, -0.15) is 0 Å². The van der Waals surface area contributed by atoms with Gasteiger partial charge in [-0.3, -0.25) is 4.99 Å². The molecule has 150 valence electrons. The molecule has 0 bridgehead atoms. The van der Waals surface area contributed by atoms with Crippen molar-refractivity contribution in [1.29, 1.82) is 0 Å². The minimum Gasteiger partial charge on any atom is -0.308 e. The van der Waals surface area contributed by atoms with E-state index in [0.717, 1.165) is 29.7 Å². The highest BCUT2D eigenvalue weighted by molar-refractivity contribution is 6.42. The number of hydrogen-bond donors (Lipinski definition) is 2. The van der Waals surface area contributed by atoms with Crippen LogP contribution in [0.3, 0.4) is 0 Å². The van der Waals surface area contributed by atoms with Crippen molar-refractivity contribution < 1.29 is 4.79 Å². The molecule has 3 aromatic rings. The van der Waals surface area contributed by atoms with E-state index >= 15 is 0 Å². The Morgan fingerprint density at radius 3 is 2.40 bits per heavy atom.